The first kappa shape index (κ1) is 32.1. The van der Waals surface area contributed by atoms with Gasteiger partial charge in [0.25, 0.3) is 5.56 Å². The molecular weight excluding hydrogens is 614 g/mol. The van der Waals surface area contributed by atoms with Crippen molar-refractivity contribution in [1.82, 2.24) is 14.6 Å². The average Bonchev–Trinajstić information content (AvgIpc) is 3.30. The number of aromatic nitrogens is 2. The quantitative estimate of drug-likeness (QED) is 0.0863. The summed E-state index contributed by atoms with van der Waals surface area (Å²) in [6.07, 6.45) is -0.597. The number of nitrogens with one attached hydrogen (secondary N) is 2. The summed E-state index contributed by atoms with van der Waals surface area (Å²) in [6, 6.07) is 6.87. The minimum atomic E-state index is -4.37. The van der Waals surface area contributed by atoms with Crippen LogP contribution in [0.2, 0.25) is 0 Å². The molecule has 0 bridgehead atoms. The molecule has 1 aromatic heterocycles. The summed E-state index contributed by atoms with van der Waals surface area (Å²) in [5.41, 5.74) is 8.72. The van der Waals surface area contributed by atoms with E-state index in [-0.39, 0.29) is 18.6 Å². The van der Waals surface area contributed by atoms with Crippen molar-refractivity contribution < 1.29 is 27.9 Å². The molecule has 2 aromatic rings. The van der Waals surface area contributed by atoms with Crippen molar-refractivity contribution >= 4 is 48.5 Å². The van der Waals surface area contributed by atoms with Gasteiger partial charge < -0.3 is 9.47 Å². The molecule has 1 fully saturated rings. The zero-order valence-corrected chi connectivity index (χ0v) is 24.4. The highest BCUT2D eigenvalue weighted by Crippen LogP contribution is 2.47. The summed E-state index contributed by atoms with van der Waals surface area (Å²) in [6.45, 7) is 1.70. The van der Waals surface area contributed by atoms with Gasteiger partial charge in [0.1, 0.15) is 25.5 Å². The van der Waals surface area contributed by atoms with E-state index >= 15 is 0 Å². The third kappa shape index (κ3) is 9.34. The Hall–Kier alpha value is -2.38. The number of aryl methyl sites for hydroxylation is 1. The maximum Gasteiger partial charge on any atom is 0.406 e. The lowest BCUT2D eigenvalue weighted by Crippen LogP contribution is -2.36. The van der Waals surface area contributed by atoms with E-state index in [0.717, 1.165) is 10.1 Å². The second kappa shape index (κ2) is 14.0. The molecule has 14 nitrogen and oxygen atoms in total. The van der Waals surface area contributed by atoms with Gasteiger partial charge in [-0.15, -0.1) is 0 Å². The lowest BCUT2D eigenvalue weighted by atomic mass is 10.1. The Labute approximate surface area is 243 Å². The van der Waals surface area contributed by atoms with Crippen molar-refractivity contribution in [1.29, 1.82) is 0 Å². The SMILES string of the molecule is Cc1cn([C@H]2C[C@H](N=[N+]=[N-])[C@@H](COP(=O)(NC(C)C(=O)OCc3ccccc3)OCC(Cl)(Cl)Cl)O2)c(=O)[nH]c1=O. The number of rotatable bonds is 12. The molecule has 40 heavy (non-hydrogen) atoms. The van der Waals surface area contributed by atoms with E-state index in [1.807, 2.05) is 6.07 Å². The number of alkyl halides is 3. The molecule has 3 rings (SSSR count). The monoisotopic (exact) mass is 638 g/mol. The van der Waals surface area contributed by atoms with E-state index < -0.39 is 66.4 Å². The van der Waals surface area contributed by atoms with Crippen molar-refractivity contribution in [3.8, 4) is 0 Å². The predicted molar refractivity (Wildman–Crippen MR) is 146 cm³/mol. The smallest absolute Gasteiger partial charge is 0.406 e. The number of hydrogen-bond donors (Lipinski definition) is 2. The third-order valence-electron chi connectivity index (χ3n) is 5.60. The Kier molecular flexibility index (Phi) is 11.2. The number of azide groups is 1. The van der Waals surface area contributed by atoms with Crippen LogP contribution in [0.5, 0.6) is 0 Å². The normalized spacial score (nSPS) is 21.3. The Morgan fingerprint density at radius 1 is 1.32 bits per heavy atom. The molecule has 2 heterocycles. The molecular formula is C22H26Cl3N6O8P. The number of aromatic amines is 1. The fourth-order valence-corrected chi connectivity index (χ4v) is 5.51. The Bertz CT molecular complexity index is 1400. The molecule has 18 heteroatoms. The molecule has 0 amide bonds. The van der Waals surface area contributed by atoms with E-state index in [9.17, 15) is 18.9 Å². The van der Waals surface area contributed by atoms with Crippen LogP contribution in [0.3, 0.4) is 0 Å². The van der Waals surface area contributed by atoms with Crippen LogP contribution in [0.25, 0.3) is 10.4 Å². The molecule has 1 aromatic carbocycles. The maximum atomic E-state index is 13.6. The Morgan fingerprint density at radius 3 is 2.67 bits per heavy atom. The molecule has 0 radical (unpaired) electrons. The van der Waals surface area contributed by atoms with Crippen LogP contribution < -0.4 is 16.3 Å². The Morgan fingerprint density at radius 2 is 2.02 bits per heavy atom. The third-order valence-corrected chi connectivity index (χ3v) is 7.59. The lowest BCUT2D eigenvalue weighted by Gasteiger charge is -2.25. The van der Waals surface area contributed by atoms with E-state index in [4.69, 9.17) is 58.9 Å². The zero-order valence-electron chi connectivity index (χ0n) is 21.2. The highest BCUT2D eigenvalue weighted by Gasteiger charge is 2.40. The summed E-state index contributed by atoms with van der Waals surface area (Å²) in [7, 11) is -4.37. The molecule has 1 aliphatic heterocycles. The number of nitrogens with zero attached hydrogens (tertiary/aromatic N) is 4. The molecule has 0 aliphatic carbocycles. The predicted octanol–water partition coefficient (Wildman–Crippen LogP) is 4.04. The van der Waals surface area contributed by atoms with Gasteiger partial charge in [-0.05, 0) is 24.9 Å². The largest absolute Gasteiger partial charge is 0.460 e. The van der Waals surface area contributed by atoms with Crippen molar-refractivity contribution in [2.24, 2.45) is 5.11 Å². The molecule has 0 spiro atoms. The number of carbonyl (C=O) groups is 1. The fraction of sp³-hybridized carbons (Fsp3) is 0.500. The number of carbonyl (C=O) groups excluding carboxylic acids is 1. The summed E-state index contributed by atoms with van der Waals surface area (Å²) >= 11 is 17.2. The summed E-state index contributed by atoms with van der Waals surface area (Å²) < 4.78 is 34.6. The number of esters is 1. The van der Waals surface area contributed by atoms with Crippen LogP contribution in [0.4, 0.5) is 0 Å². The molecule has 1 aliphatic rings. The first-order valence-electron chi connectivity index (χ1n) is 11.8. The second-order valence-corrected chi connectivity index (χ2v) is 13.0. The van der Waals surface area contributed by atoms with Gasteiger partial charge in [0, 0.05) is 23.1 Å². The van der Waals surface area contributed by atoms with Crippen molar-refractivity contribution in [2.75, 3.05) is 13.2 Å². The first-order valence-corrected chi connectivity index (χ1v) is 14.4. The number of hydrogen-bond acceptors (Lipinski definition) is 9. The molecule has 2 N–H and O–H groups in total. The van der Waals surface area contributed by atoms with Gasteiger partial charge >= 0.3 is 19.4 Å². The summed E-state index contributed by atoms with van der Waals surface area (Å²) in [4.78, 5) is 41.5. The molecule has 5 atom stereocenters. The van der Waals surface area contributed by atoms with E-state index in [2.05, 4.69) is 20.1 Å². The zero-order chi connectivity index (χ0) is 29.5. The van der Waals surface area contributed by atoms with Crippen molar-refractivity contribution in [3.63, 3.8) is 0 Å². The number of halogens is 3. The number of H-pyrrole nitrogens is 1. The van der Waals surface area contributed by atoms with Crippen molar-refractivity contribution in [2.45, 2.75) is 55.1 Å². The topological polar surface area (TPSA) is 187 Å². The minimum absolute atomic E-state index is 0.0272. The van der Waals surface area contributed by atoms with Crippen LogP contribution in [-0.2, 0) is 34.5 Å². The van der Waals surface area contributed by atoms with Gasteiger partial charge in [0.15, 0.2) is 0 Å². The second-order valence-electron chi connectivity index (χ2n) is 8.74. The fourth-order valence-electron chi connectivity index (χ4n) is 3.61. The molecule has 218 valence electrons. The van der Waals surface area contributed by atoms with Gasteiger partial charge in [-0.1, -0.05) is 70.2 Å². The molecule has 0 saturated carbocycles. The summed E-state index contributed by atoms with van der Waals surface area (Å²) in [5, 5.41) is 6.12. The van der Waals surface area contributed by atoms with Crippen molar-refractivity contribution in [3.05, 3.63) is 78.9 Å². The molecule has 1 saturated heterocycles. The van der Waals surface area contributed by atoms with E-state index in [1.165, 1.54) is 20.0 Å². The van der Waals surface area contributed by atoms with Crippen LogP contribution in [0, 0.1) is 6.92 Å². The van der Waals surface area contributed by atoms with Gasteiger partial charge in [-0.2, -0.15) is 0 Å². The standard InChI is InChI=1S/C22H26Cl3N6O8P/c1-13-9-31(21(34)27-19(13)32)18-8-16(28-30-26)17(39-18)11-37-40(35,38-12-22(23,24)25)29-14(2)20(33)36-10-15-6-4-3-5-7-15/h3-7,9,14,16-18H,8,10-12H2,1-2H3,(H,29,35)(H,27,32,34)/t14?,16-,17+,18+,40?/m0/s1. The van der Waals surface area contributed by atoms with Crippen LogP contribution in [0.1, 0.15) is 30.7 Å². The highest BCUT2D eigenvalue weighted by molar-refractivity contribution is 7.51. The van der Waals surface area contributed by atoms with Crippen LogP contribution in [0.15, 0.2) is 51.2 Å². The Balaban J connectivity index is 1.72. The average molecular weight is 640 g/mol. The lowest BCUT2D eigenvalue weighted by molar-refractivity contribution is -0.146. The number of ether oxygens (including phenoxy) is 2. The first-order chi connectivity index (χ1) is 18.8. The summed E-state index contributed by atoms with van der Waals surface area (Å²) in [5.74, 6) is -0.762. The van der Waals surface area contributed by atoms with E-state index in [0.29, 0.717) is 0 Å². The van der Waals surface area contributed by atoms with Gasteiger partial charge in [-0.3, -0.25) is 28.2 Å². The van der Waals surface area contributed by atoms with Crippen LogP contribution in [-0.4, -0.2) is 50.7 Å². The van der Waals surface area contributed by atoms with Gasteiger partial charge in [-0.25, -0.2) is 14.4 Å². The highest BCUT2D eigenvalue weighted by atomic mass is 35.6. The molecule has 2 unspecified atom stereocenters. The van der Waals surface area contributed by atoms with Gasteiger partial charge in [0.2, 0.25) is 3.79 Å². The van der Waals surface area contributed by atoms with Gasteiger partial charge in [0.05, 0.1) is 18.8 Å². The minimum Gasteiger partial charge on any atom is -0.460 e. The number of benzene rings is 1. The maximum absolute atomic E-state index is 13.6. The van der Waals surface area contributed by atoms with Crippen LogP contribution >= 0.6 is 42.5 Å². The van der Waals surface area contributed by atoms with E-state index in [1.54, 1.807) is 24.3 Å².